The second-order valence-corrected chi connectivity index (χ2v) is 6.58. The molecule has 0 unspecified atom stereocenters. The molecule has 5 nitrogen and oxygen atoms in total. The number of anilines is 1. The number of phenols is 1. The van der Waals surface area contributed by atoms with Crippen molar-refractivity contribution in [2.24, 2.45) is 0 Å². The van der Waals surface area contributed by atoms with Crippen molar-refractivity contribution in [1.29, 1.82) is 0 Å². The number of hydrogen-bond acceptors (Lipinski definition) is 4. The molecule has 0 aliphatic rings. The molecule has 5 heteroatoms. The zero-order valence-electron chi connectivity index (χ0n) is 15.6. The minimum atomic E-state index is -0.153. The lowest BCUT2D eigenvalue weighted by atomic mass is 10.1. The van der Waals surface area contributed by atoms with Gasteiger partial charge in [0, 0.05) is 11.1 Å². The smallest absolute Gasteiger partial charge is 0.230 e. The topological polar surface area (TPSA) is 75.1 Å². The second kappa shape index (κ2) is 8.35. The molecule has 0 fully saturated rings. The van der Waals surface area contributed by atoms with Gasteiger partial charge >= 0.3 is 0 Å². The van der Waals surface area contributed by atoms with Gasteiger partial charge in [-0.15, -0.1) is 0 Å². The first-order chi connectivity index (χ1) is 14.2. The number of rotatable bonds is 5. The lowest BCUT2D eigenvalue weighted by Gasteiger charge is -2.12. The summed E-state index contributed by atoms with van der Waals surface area (Å²) in [6, 6.07) is 25.9. The summed E-state index contributed by atoms with van der Waals surface area (Å²) in [5, 5.41) is 12.4. The maximum absolute atomic E-state index is 12.6. The van der Waals surface area contributed by atoms with Crippen molar-refractivity contribution >= 4 is 11.7 Å². The molecule has 142 valence electrons. The van der Waals surface area contributed by atoms with E-state index >= 15 is 0 Å². The fourth-order valence-corrected chi connectivity index (χ4v) is 3.01. The van der Waals surface area contributed by atoms with Gasteiger partial charge in [-0.05, 0) is 29.8 Å². The van der Waals surface area contributed by atoms with E-state index in [4.69, 9.17) is 4.98 Å². The van der Waals surface area contributed by atoms with Gasteiger partial charge in [0.2, 0.25) is 5.91 Å². The molecule has 0 saturated carbocycles. The molecule has 1 aromatic heterocycles. The quantitative estimate of drug-likeness (QED) is 0.526. The van der Waals surface area contributed by atoms with Gasteiger partial charge in [-0.2, -0.15) is 0 Å². The summed E-state index contributed by atoms with van der Waals surface area (Å²) in [5.41, 5.74) is 3.87. The van der Waals surface area contributed by atoms with Crippen LogP contribution in [0.25, 0.3) is 22.5 Å². The lowest BCUT2D eigenvalue weighted by molar-refractivity contribution is -0.115. The zero-order chi connectivity index (χ0) is 20.1. The molecule has 2 N–H and O–H groups in total. The molecule has 0 aliphatic carbocycles. The third kappa shape index (κ3) is 4.47. The fraction of sp³-hybridized carbons (Fsp3) is 0.0417. The Morgan fingerprint density at radius 2 is 1.48 bits per heavy atom. The highest BCUT2D eigenvalue weighted by molar-refractivity contribution is 5.94. The second-order valence-electron chi connectivity index (χ2n) is 6.58. The van der Waals surface area contributed by atoms with Gasteiger partial charge in [0.05, 0.1) is 18.3 Å². The zero-order valence-corrected chi connectivity index (χ0v) is 15.6. The van der Waals surface area contributed by atoms with Crippen molar-refractivity contribution in [2.45, 2.75) is 6.42 Å². The van der Waals surface area contributed by atoms with Crippen molar-refractivity contribution in [3.63, 3.8) is 0 Å². The third-order valence-electron chi connectivity index (χ3n) is 4.45. The Labute approximate surface area is 168 Å². The van der Waals surface area contributed by atoms with Crippen LogP contribution in [0.5, 0.6) is 5.75 Å². The largest absolute Gasteiger partial charge is 0.508 e. The van der Waals surface area contributed by atoms with Crippen LogP contribution < -0.4 is 5.32 Å². The van der Waals surface area contributed by atoms with Crippen LogP contribution >= 0.6 is 0 Å². The Morgan fingerprint density at radius 1 is 0.828 bits per heavy atom. The molecule has 0 atom stereocenters. The SMILES string of the molecule is O=C(Cc1ccccc1)Nc1ncc(-c2ccc(O)cc2)nc1-c1ccccc1. The number of aromatic nitrogens is 2. The van der Waals surface area contributed by atoms with E-state index in [-0.39, 0.29) is 18.1 Å². The van der Waals surface area contributed by atoms with Crippen LogP contribution in [0.3, 0.4) is 0 Å². The van der Waals surface area contributed by atoms with Crippen LogP contribution in [0, 0.1) is 0 Å². The van der Waals surface area contributed by atoms with E-state index in [2.05, 4.69) is 10.3 Å². The number of phenolic OH excluding ortho intramolecular Hbond substituents is 1. The summed E-state index contributed by atoms with van der Waals surface area (Å²) < 4.78 is 0. The van der Waals surface area contributed by atoms with Gasteiger partial charge in [-0.25, -0.2) is 9.97 Å². The van der Waals surface area contributed by atoms with Crippen LogP contribution in [-0.2, 0) is 11.2 Å². The number of amides is 1. The highest BCUT2D eigenvalue weighted by Crippen LogP contribution is 2.28. The van der Waals surface area contributed by atoms with Gasteiger partial charge < -0.3 is 10.4 Å². The summed E-state index contributed by atoms with van der Waals surface area (Å²) in [7, 11) is 0. The van der Waals surface area contributed by atoms with E-state index in [0.717, 1.165) is 16.7 Å². The summed E-state index contributed by atoms with van der Waals surface area (Å²) in [6.45, 7) is 0. The first kappa shape index (κ1) is 18.4. The first-order valence-electron chi connectivity index (χ1n) is 9.25. The van der Waals surface area contributed by atoms with E-state index in [0.29, 0.717) is 17.2 Å². The summed E-state index contributed by atoms with van der Waals surface area (Å²) in [6.07, 6.45) is 1.88. The molecule has 0 aliphatic heterocycles. The Balaban J connectivity index is 1.67. The number of nitrogens with zero attached hydrogens (tertiary/aromatic N) is 2. The molecule has 1 amide bonds. The van der Waals surface area contributed by atoms with Gasteiger partial charge in [-0.3, -0.25) is 4.79 Å². The van der Waals surface area contributed by atoms with Gasteiger partial charge in [0.15, 0.2) is 5.82 Å². The Hall–Kier alpha value is -3.99. The molecule has 0 spiro atoms. The normalized spacial score (nSPS) is 10.5. The van der Waals surface area contributed by atoms with Crippen molar-refractivity contribution in [2.75, 3.05) is 5.32 Å². The van der Waals surface area contributed by atoms with Crippen molar-refractivity contribution < 1.29 is 9.90 Å². The van der Waals surface area contributed by atoms with E-state index in [1.807, 2.05) is 60.7 Å². The maximum Gasteiger partial charge on any atom is 0.230 e. The van der Waals surface area contributed by atoms with Crippen LogP contribution in [-0.4, -0.2) is 21.0 Å². The molecule has 4 rings (SSSR count). The molecular weight excluding hydrogens is 362 g/mol. The molecule has 1 heterocycles. The summed E-state index contributed by atoms with van der Waals surface area (Å²) in [4.78, 5) is 21.8. The van der Waals surface area contributed by atoms with Gasteiger partial charge in [0.25, 0.3) is 0 Å². The average molecular weight is 381 g/mol. The summed E-state index contributed by atoms with van der Waals surface area (Å²) in [5.74, 6) is 0.453. The third-order valence-corrected chi connectivity index (χ3v) is 4.45. The maximum atomic E-state index is 12.6. The number of carbonyl (C=O) groups is 1. The van der Waals surface area contributed by atoms with Crippen molar-refractivity contribution in [3.05, 3.63) is 96.7 Å². The molecule has 0 radical (unpaired) electrons. The number of nitrogens with one attached hydrogen (secondary N) is 1. The monoisotopic (exact) mass is 381 g/mol. The summed E-state index contributed by atoms with van der Waals surface area (Å²) >= 11 is 0. The molecule has 0 saturated heterocycles. The number of carbonyl (C=O) groups excluding carboxylic acids is 1. The minimum absolute atomic E-state index is 0.153. The fourth-order valence-electron chi connectivity index (χ4n) is 3.01. The van der Waals surface area contributed by atoms with E-state index in [1.54, 1.807) is 30.5 Å². The minimum Gasteiger partial charge on any atom is -0.508 e. The van der Waals surface area contributed by atoms with Gasteiger partial charge in [-0.1, -0.05) is 60.7 Å². The number of aromatic hydroxyl groups is 1. The molecule has 0 bridgehead atoms. The van der Waals surface area contributed by atoms with Crippen LogP contribution in [0.2, 0.25) is 0 Å². The number of benzene rings is 3. The molecule has 3 aromatic carbocycles. The molecular formula is C24H19N3O2. The molecule has 29 heavy (non-hydrogen) atoms. The van der Waals surface area contributed by atoms with E-state index < -0.39 is 0 Å². The van der Waals surface area contributed by atoms with Crippen LogP contribution in [0.4, 0.5) is 5.82 Å². The lowest BCUT2D eigenvalue weighted by Crippen LogP contribution is -2.16. The highest BCUT2D eigenvalue weighted by Gasteiger charge is 2.14. The highest BCUT2D eigenvalue weighted by atomic mass is 16.3. The molecule has 4 aromatic rings. The Kier molecular flexibility index (Phi) is 5.29. The van der Waals surface area contributed by atoms with Crippen LogP contribution in [0.15, 0.2) is 91.1 Å². The number of hydrogen-bond donors (Lipinski definition) is 2. The van der Waals surface area contributed by atoms with E-state index in [9.17, 15) is 9.90 Å². The predicted molar refractivity (Wildman–Crippen MR) is 113 cm³/mol. The Bertz CT molecular complexity index is 1110. The van der Waals surface area contributed by atoms with Crippen molar-refractivity contribution in [1.82, 2.24) is 9.97 Å². The van der Waals surface area contributed by atoms with Gasteiger partial charge in [0.1, 0.15) is 11.4 Å². The standard InChI is InChI=1S/C24H19N3O2/c28-20-13-11-18(12-14-20)21-16-25-24(23(26-21)19-9-5-2-6-10-19)27-22(29)15-17-7-3-1-4-8-17/h1-14,16,28H,15H2,(H,25,27,29). The Morgan fingerprint density at radius 3 is 2.17 bits per heavy atom. The van der Waals surface area contributed by atoms with E-state index in [1.165, 1.54) is 0 Å². The predicted octanol–water partition coefficient (Wildman–Crippen LogP) is 4.70. The first-order valence-corrected chi connectivity index (χ1v) is 9.25. The average Bonchev–Trinajstić information content (AvgIpc) is 2.76. The van der Waals surface area contributed by atoms with Crippen molar-refractivity contribution in [3.8, 4) is 28.3 Å². The van der Waals surface area contributed by atoms with Crippen LogP contribution in [0.1, 0.15) is 5.56 Å².